The van der Waals surface area contributed by atoms with Crippen LogP contribution in [-0.2, 0) is 0 Å². The molecule has 3 nitrogen and oxygen atoms in total. The summed E-state index contributed by atoms with van der Waals surface area (Å²) in [4.78, 5) is 12.3. The maximum absolute atomic E-state index is 12.3. The van der Waals surface area contributed by atoms with Crippen LogP contribution in [0.1, 0.15) is 43.5 Å². The number of hydrogen-bond acceptors (Lipinski definition) is 2. The van der Waals surface area contributed by atoms with E-state index in [-0.39, 0.29) is 5.91 Å². The summed E-state index contributed by atoms with van der Waals surface area (Å²) in [6.45, 7) is 4.29. The van der Waals surface area contributed by atoms with Crippen LogP contribution in [0.15, 0.2) is 22.7 Å². The van der Waals surface area contributed by atoms with Crippen molar-refractivity contribution < 1.29 is 4.79 Å². The summed E-state index contributed by atoms with van der Waals surface area (Å²) in [6.07, 6.45) is 3.46. The van der Waals surface area contributed by atoms with Crippen molar-refractivity contribution >= 4 is 33.4 Å². The zero-order chi connectivity index (χ0) is 14.0. The van der Waals surface area contributed by atoms with E-state index in [1.807, 2.05) is 0 Å². The molecule has 1 aromatic rings. The summed E-state index contributed by atoms with van der Waals surface area (Å²) < 4.78 is 0.738. The van der Waals surface area contributed by atoms with E-state index in [0.29, 0.717) is 22.7 Å². The number of amides is 1. The topological polar surface area (TPSA) is 32.3 Å². The van der Waals surface area contributed by atoms with Crippen LogP contribution in [0.2, 0.25) is 5.02 Å². The van der Waals surface area contributed by atoms with Gasteiger partial charge in [-0.2, -0.15) is 0 Å². The van der Waals surface area contributed by atoms with E-state index in [2.05, 4.69) is 40.2 Å². The molecule has 104 valence electrons. The second-order valence-corrected chi connectivity index (χ2v) is 6.37. The summed E-state index contributed by atoms with van der Waals surface area (Å²) >= 11 is 9.27. The fourth-order valence-corrected chi connectivity index (χ4v) is 2.96. The molecule has 1 amide bonds. The van der Waals surface area contributed by atoms with E-state index in [9.17, 15) is 4.79 Å². The van der Waals surface area contributed by atoms with Crippen molar-refractivity contribution in [2.75, 3.05) is 0 Å². The maximum atomic E-state index is 12.3. The van der Waals surface area contributed by atoms with Gasteiger partial charge in [-0.3, -0.25) is 10.2 Å². The Morgan fingerprint density at radius 2 is 2.00 bits per heavy atom. The highest BCUT2D eigenvalue weighted by Gasteiger charge is 2.26. The molecule has 1 heterocycles. The number of rotatable bonds is 2. The number of hydrogen-bond donors (Lipinski definition) is 1. The van der Waals surface area contributed by atoms with Crippen LogP contribution in [0.5, 0.6) is 0 Å². The predicted octanol–water partition coefficient (Wildman–Crippen LogP) is 4.01. The molecule has 2 rings (SSSR count). The average Bonchev–Trinajstić information content (AvgIpc) is 2.37. The van der Waals surface area contributed by atoms with Gasteiger partial charge in [-0.05, 0) is 60.8 Å². The highest BCUT2D eigenvalue weighted by molar-refractivity contribution is 9.10. The van der Waals surface area contributed by atoms with Crippen LogP contribution >= 0.6 is 27.5 Å². The summed E-state index contributed by atoms with van der Waals surface area (Å²) in [5.41, 5.74) is 3.62. The average molecular weight is 346 g/mol. The number of nitrogens with zero attached hydrogens (tertiary/aromatic N) is 1. The lowest BCUT2D eigenvalue weighted by molar-refractivity contribution is 0.0370. The fourth-order valence-electron chi connectivity index (χ4n) is 2.46. The summed E-state index contributed by atoms with van der Waals surface area (Å²) in [6, 6.07) is 5.97. The van der Waals surface area contributed by atoms with Crippen molar-refractivity contribution in [1.29, 1.82) is 0 Å². The number of benzene rings is 1. The largest absolute Gasteiger partial charge is 0.284 e. The van der Waals surface area contributed by atoms with Gasteiger partial charge in [-0.1, -0.05) is 18.0 Å². The molecule has 1 aliphatic rings. The molecular formula is C14H18BrClN2O. The van der Waals surface area contributed by atoms with Gasteiger partial charge < -0.3 is 0 Å². The molecule has 1 saturated heterocycles. The van der Waals surface area contributed by atoms with Crippen molar-refractivity contribution in [2.24, 2.45) is 0 Å². The third-order valence-corrected chi connectivity index (χ3v) is 4.82. The Bertz CT molecular complexity index is 471. The standard InChI is InChI=1S/C14H18BrClN2O/c1-9-4-3-5-10(2)18(9)17-14(19)11-6-7-13(16)12(15)8-11/h6-10H,3-5H2,1-2H3,(H,17,19). The first kappa shape index (κ1) is 14.8. The lowest BCUT2D eigenvalue weighted by Gasteiger charge is -2.38. The minimum Gasteiger partial charge on any atom is -0.284 e. The van der Waals surface area contributed by atoms with Crippen LogP contribution < -0.4 is 5.43 Å². The Morgan fingerprint density at radius 1 is 1.37 bits per heavy atom. The first-order valence-corrected chi connectivity index (χ1v) is 7.70. The Hall–Kier alpha value is -0.580. The molecule has 1 fully saturated rings. The van der Waals surface area contributed by atoms with Gasteiger partial charge in [0.2, 0.25) is 0 Å². The molecular weight excluding hydrogens is 328 g/mol. The first-order valence-electron chi connectivity index (χ1n) is 6.53. The van der Waals surface area contributed by atoms with Crippen LogP contribution in [-0.4, -0.2) is 23.0 Å². The van der Waals surface area contributed by atoms with Crippen molar-refractivity contribution in [3.63, 3.8) is 0 Å². The summed E-state index contributed by atoms with van der Waals surface area (Å²) in [5.74, 6) is -0.0852. The van der Waals surface area contributed by atoms with Crippen molar-refractivity contribution in [3.8, 4) is 0 Å². The molecule has 0 aliphatic carbocycles. The molecule has 1 aliphatic heterocycles. The van der Waals surface area contributed by atoms with Crippen molar-refractivity contribution in [2.45, 2.75) is 45.2 Å². The van der Waals surface area contributed by atoms with E-state index >= 15 is 0 Å². The van der Waals surface area contributed by atoms with Crippen molar-refractivity contribution in [3.05, 3.63) is 33.3 Å². The summed E-state index contributed by atoms with van der Waals surface area (Å²) in [5, 5.41) is 2.67. The molecule has 2 unspecified atom stereocenters. The highest BCUT2D eigenvalue weighted by atomic mass is 79.9. The maximum Gasteiger partial charge on any atom is 0.265 e. The van der Waals surface area contributed by atoms with Gasteiger partial charge in [-0.15, -0.1) is 0 Å². The zero-order valence-corrected chi connectivity index (χ0v) is 13.5. The van der Waals surface area contributed by atoms with Crippen LogP contribution in [0.25, 0.3) is 0 Å². The molecule has 1 aromatic carbocycles. The second-order valence-electron chi connectivity index (χ2n) is 5.11. The number of carbonyl (C=O) groups is 1. The molecule has 0 saturated carbocycles. The third-order valence-electron chi connectivity index (χ3n) is 3.61. The van der Waals surface area contributed by atoms with Gasteiger partial charge >= 0.3 is 0 Å². The SMILES string of the molecule is CC1CCCC(C)N1NC(=O)c1ccc(Cl)c(Br)c1. The van der Waals surface area contributed by atoms with E-state index in [0.717, 1.165) is 17.3 Å². The molecule has 5 heteroatoms. The van der Waals surface area contributed by atoms with Gasteiger partial charge in [0.05, 0.1) is 5.02 Å². The smallest absolute Gasteiger partial charge is 0.265 e. The number of nitrogens with one attached hydrogen (secondary N) is 1. The molecule has 0 spiro atoms. The van der Waals surface area contributed by atoms with Crippen LogP contribution in [0, 0.1) is 0 Å². The molecule has 0 bridgehead atoms. The Labute approximate surface area is 127 Å². The molecule has 0 radical (unpaired) electrons. The normalized spacial score (nSPS) is 24.2. The molecule has 19 heavy (non-hydrogen) atoms. The van der Waals surface area contributed by atoms with Crippen LogP contribution in [0.3, 0.4) is 0 Å². The minimum atomic E-state index is -0.0852. The lowest BCUT2D eigenvalue weighted by atomic mass is 10.00. The zero-order valence-electron chi connectivity index (χ0n) is 11.1. The van der Waals surface area contributed by atoms with Gasteiger partial charge in [0, 0.05) is 22.1 Å². The Balaban J connectivity index is 2.09. The number of halogens is 2. The Morgan fingerprint density at radius 3 is 2.58 bits per heavy atom. The molecule has 2 atom stereocenters. The molecule has 1 N–H and O–H groups in total. The van der Waals surface area contributed by atoms with E-state index in [1.54, 1.807) is 18.2 Å². The van der Waals surface area contributed by atoms with Gasteiger partial charge in [0.1, 0.15) is 0 Å². The second kappa shape index (κ2) is 6.25. The monoisotopic (exact) mass is 344 g/mol. The predicted molar refractivity (Wildman–Crippen MR) is 81.2 cm³/mol. The minimum absolute atomic E-state index is 0.0852. The lowest BCUT2D eigenvalue weighted by Crippen LogP contribution is -2.54. The summed E-state index contributed by atoms with van der Waals surface area (Å²) in [7, 11) is 0. The van der Waals surface area contributed by atoms with Gasteiger partial charge in [0.25, 0.3) is 5.91 Å². The number of carbonyl (C=O) groups excluding carboxylic acids is 1. The molecule has 0 aromatic heterocycles. The van der Waals surface area contributed by atoms with E-state index < -0.39 is 0 Å². The first-order chi connectivity index (χ1) is 8.99. The van der Waals surface area contributed by atoms with E-state index in [4.69, 9.17) is 11.6 Å². The Kier molecular flexibility index (Phi) is 4.87. The quantitative estimate of drug-likeness (QED) is 0.878. The number of piperidine rings is 1. The van der Waals surface area contributed by atoms with Gasteiger partial charge in [-0.25, -0.2) is 5.01 Å². The van der Waals surface area contributed by atoms with E-state index in [1.165, 1.54) is 6.42 Å². The van der Waals surface area contributed by atoms with Crippen LogP contribution in [0.4, 0.5) is 0 Å². The number of hydrazine groups is 1. The van der Waals surface area contributed by atoms with Crippen molar-refractivity contribution in [1.82, 2.24) is 10.4 Å². The van der Waals surface area contributed by atoms with Gasteiger partial charge in [0.15, 0.2) is 0 Å². The fraction of sp³-hybridized carbons (Fsp3) is 0.500. The third kappa shape index (κ3) is 3.50. The highest BCUT2D eigenvalue weighted by Crippen LogP contribution is 2.24.